The summed E-state index contributed by atoms with van der Waals surface area (Å²) in [6.07, 6.45) is 5.97. The largest absolute Gasteiger partial charge is 0.294 e. The van der Waals surface area contributed by atoms with Crippen LogP contribution in [-0.4, -0.2) is 15.6 Å². The molecule has 70 valence electrons. The van der Waals surface area contributed by atoms with Gasteiger partial charge in [-0.3, -0.25) is 9.48 Å². The Morgan fingerprint density at radius 3 is 2.85 bits per heavy atom. The fourth-order valence-electron chi connectivity index (χ4n) is 1.34. The summed E-state index contributed by atoms with van der Waals surface area (Å²) in [6, 6.07) is 0.564. The van der Waals surface area contributed by atoms with Crippen LogP contribution in [0.5, 0.6) is 0 Å². The summed E-state index contributed by atoms with van der Waals surface area (Å²) in [6.45, 7) is 3.83. The van der Waals surface area contributed by atoms with Crippen LogP contribution >= 0.6 is 0 Å². The minimum atomic E-state index is 0.0665. The molecule has 0 N–H and O–H groups in total. The van der Waals surface area contributed by atoms with Crippen molar-refractivity contribution >= 4 is 5.78 Å². The fraction of sp³-hybridized carbons (Fsp3) is 0.600. The van der Waals surface area contributed by atoms with E-state index in [4.69, 9.17) is 0 Å². The molecule has 1 aromatic rings. The van der Waals surface area contributed by atoms with Crippen LogP contribution in [0.3, 0.4) is 0 Å². The van der Waals surface area contributed by atoms with Crippen molar-refractivity contribution in [3.63, 3.8) is 0 Å². The third-order valence-electron chi connectivity index (χ3n) is 2.33. The van der Waals surface area contributed by atoms with E-state index in [-0.39, 0.29) is 11.7 Å². The monoisotopic (exact) mass is 178 g/mol. The van der Waals surface area contributed by atoms with Crippen LogP contribution in [0.2, 0.25) is 0 Å². The number of carbonyl (C=O) groups excluding carboxylic acids is 1. The number of nitrogens with zero attached hydrogens (tertiary/aromatic N) is 2. The minimum absolute atomic E-state index is 0.0665. The van der Waals surface area contributed by atoms with Gasteiger partial charge in [0.1, 0.15) is 0 Å². The normalized spacial score (nSPS) is 16.5. The Labute approximate surface area is 77.7 Å². The second kappa shape index (κ2) is 2.98. The standard InChI is InChI=1S/C10H14N2O/c1-7(2)10(13)8-5-11-12(6-8)9-3-4-9/h5-7,9H,3-4H2,1-2H3. The molecule has 0 saturated heterocycles. The predicted octanol–water partition coefficient (Wildman–Crippen LogP) is 2.06. The van der Waals surface area contributed by atoms with Crippen molar-refractivity contribution < 1.29 is 4.79 Å². The zero-order valence-corrected chi connectivity index (χ0v) is 8.03. The smallest absolute Gasteiger partial charge is 0.168 e. The highest BCUT2D eigenvalue weighted by molar-refractivity contribution is 5.96. The van der Waals surface area contributed by atoms with Gasteiger partial charge in [-0.25, -0.2) is 0 Å². The minimum Gasteiger partial charge on any atom is -0.294 e. The van der Waals surface area contributed by atoms with E-state index >= 15 is 0 Å². The average Bonchev–Trinajstić information content (AvgIpc) is 2.83. The van der Waals surface area contributed by atoms with E-state index in [0.717, 1.165) is 5.56 Å². The first-order chi connectivity index (χ1) is 6.18. The molecule has 1 fully saturated rings. The lowest BCUT2D eigenvalue weighted by Crippen LogP contribution is -2.06. The van der Waals surface area contributed by atoms with Crippen LogP contribution < -0.4 is 0 Å². The average molecular weight is 178 g/mol. The molecule has 1 aromatic heterocycles. The van der Waals surface area contributed by atoms with Crippen LogP contribution in [0.15, 0.2) is 12.4 Å². The second-order valence-electron chi connectivity index (χ2n) is 3.96. The van der Waals surface area contributed by atoms with Crippen molar-refractivity contribution in [3.05, 3.63) is 18.0 Å². The Balaban J connectivity index is 2.16. The molecule has 1 aliphatic rings. The van der Waals surface area contributed by atoms with Crippen molar-refractivity contribution in [1.82, 2.24) is 9.78 Å². The van der Waals surface area contributed by atoms with Gasteiger partial charge in [-0.05, 0) is 12.8 Å². The van der Waals surface area contributed by atoms with Crippen LogP contribution in [0, 0.1) is 5.92 Å². The van der Waals surface area contributed by atoms with E-state index < -0.39 is 0 Å². The van der Waals surface area contributed by atoms with Gasteiger partial charge in [0.15, 0.2) is 5.78 Å². The number of Topliss-reactive ketones (excluding diaryl/α,β-unsaturated/α-hetero) is 1. The van der Waals surface area contributed by atoms with E-state index in [1.807, 2.05) is 24.7 Å². The SMILES string of the molecule is CC(C)C(=O)c1cnn(C2CC2)c1. The molecule has 0 unspecified atom stereocenters. The molecule has 0 aliphatic heterocycles. The van der Waals surface area contributed by atoms with Gasteiger partial charge in [0.2, 0.25) is 0 Å². The Morgan fingerprint density at radius 1 is 1.62 bits per heavy atom. The van der Waals surface area contributed by atoms with Gasteiger partial charge >= 0.3 is 0 Å². The molecule has 2 rings (SSSR count). The first-order valence-corrected chi connectivity index (χ1v) is 4.77. The van der Waals surface area contributed by atoms with Gasteiger partial charge in [-0.15, -0.1) is 0 Å². The second-order valence-corrected chi connectivity index (χ2v) is 3.96. The third-order valence-corrected chi connectivity index (χ3v) is 2.33. The lowest BCUT2D eigenvalue weighted by Gasteiger charge is -1.99. The number of rotatable bonds is 3. The molecule has 0 amide bonds. The van der Waals surface area contributed by atoms with E-state index in [2.05, 4.69) is 5.10 Å². The molecule has 1 heterocycles. The van der Waals surface area contributed by atoms with Crippen LogP contribution in [0.4, 0.5) is 0 Å². The van der Waals surface area contributed by atoms with Crippen LogP contribution in [0.25, 0.3) is 0 Å². The molecule has 0 bridgehead atoms. The lowest BCUT2D eigenvalue weighted by atomic mass is 10.1. The number of hydrogen-bond acceptors (Lipinski definition) is 2. The Hall–Kier alpha value is -1.12. The molecule has 0 radical (unpaired) electrons. The zero-order chi connectivity index (χ0) is 9.42. The van der Waals surface area contributed by atoms with Crippen molar-refractivity contribution in [3.8, 4) is 0 Å². The quantitative estimate of drug-likeness (QED) is 0.664. The molecule has 0 spiro atoms. The summed E-state index contributed by atoms with van der Waals surface area (Å²) in [4.78, 5) is 11.5. The fourth-order valence-corrected chi connectivity index (χ4v) is 1.34. The highest BCUT2D eigenvalue weighted by Crippen LogP contribution is 2.34. The number of hydrogen-bond donors (Lipinski definition) is 0. The molecule has 3 heteroatoms. The van der Waals surface area contributed by atoms with E-state index in [9.17, 15) is 4.79 Å². The highest BCUT2D eigenvalue weighted by Gasteiger charge is 2.25. The first kappa shape index (κ1) is 8.48. The molecule has 0 atom stereocenters. The van der Waals surface area contributed by atoms with Crippen molar-refractivity contribution in [1.29, 1.82) is 0 Å². The van der Waals surface area contributed by atoms with Gasteiger partial charge in [-0.1, -0.05) is 13.8 Å². The van der Waals surface area contributed by atoms with E-state index in [0.29, 0.717) is 6.04 Å². The Bertz CT molecular complexity index is 323. The van der Waals surface area contributed by atoms with Gasteiger partial charge in [-0.2, -0.15) is 5.10 Å². The lowest BCUT2D eigenvalue weighted by molar-refractivity contribution is 0.0939. The van der Waals surface area contributed by atoms with Crippen molar-refractivity contribution in [2.45, 2.75) is 32.7 Å². The maximum Gasteiger partial charge on any atom is 0.168 e. The van der Waals surface area contributed by atoms with Gasteiger partial charge in [0.25, 0.3) is 0 Å². The van der Waals surface area contributed by atoms with Gasteiger partial charge in [0.05, 0.1) is 17.8 Å². The summed E-state index contributed by atoms with van der Waals surface area (Å²) < 4.78 is 1.91. The molecular weight excluding hydrogens is 164 g/mol. The molecule has 1 aliphatic carbocycles. The predicted molar refractivity (Wildman–Crippen MR) is 49.7 cm³/mol. The summed E-state index contributed by atoms with van der Waals surface area (Å²) in [5, 5.41) is 4.18. The van der Waals surface area contributed by atoms with Crippen LogP contribution in [0.1, 0.15) is 43.1 Å². The third kappa shape index (κ3) is 1.64. The molecule has 13 heavy (non-hydrogen) atoms. The Kier molecular flexibility index (Phi) is 1.94. The van der Waals surface area contributed by atoms with Crippen molar-refractivity contribution in [2.75, 3.05) is 0 Å². The van der Waals surface area contributed by atoms with Gasteiger partial charge in [0, 0.05) is 12.1 Å². The first-order valence-electron chi connectivity index (χ1n) is 4.77. The zero-order valence-electron chi connectivity index (χ0n) is 8.03. The van der Waals surface area contributed by atoms with Crippen molar-refractivity contribution in [2.24, 2.45) is 5.92 Å². The summed E-state index contributed by atoms with van der Waals surface area (Å²) in [5.74, 6) is 0.253. The Morgan fingerprint density at radius 2 is 2.31 bits per heavy atom. The summed E-state index contributed by atoms with van der Waals surface area (Å²) in [5.41, 5.74) is 0.752. The summed E-state index contributed by atoms with van der Waals surface area (Å²) in [7, 11) is 0. The maximum absolute atomic E-state index is 11.5. The topological polar surface area (TPSA) is 34.9 Å². The molecule has 3 nitrogen and oxygen atoms in total. The van der Waals surface area contributed by atoms with Gasteiger partial charge < -0.3 is 0 Å². The number of carbonyl (C=O) groups is 1. The number of ketones is 1. The summed E-state index contributed by atoms with van der Waals surface area (Å²) >= 11 is 0. The molecule has 1 saturated carbocycles. The number of aromatic nitrogens is 2. The van der Waals surface area contributed by atoms with E-state index in [1.165, 1.54) is 12.8 Å². The maximum atomic E-state index is 11.5. The molecule has 0 aromatic carbocycles. The van der Waals surface area contributed by atoms with E-state index in [1.54, 1.807) is 6.20 Å². The van der Waals surface area contributed by atoms with Crippen LogP contribution in [-0.2, 0) is 0 Å². The molecular formula is C10H14N2O. The highest BCUT2D eigenvalue weighted by atomic mass is 16.1.